The van der Waals surface area contributed by atoms with Gasteiger partial charge in [-0.05, 0) is 129 Å². The van der Waals surface area contributed by atoms with Crippen molar-refractivity contribution < 1.29 is 86.1 Å². The van der Waals surface area contributed by atoms with Crippen LogP contribution in [0.4, 0.5) is 0 Å². The molecule has 9 heteroatoms. The van der Waals surface area contributed by atoms with Gasteiger partial charge >= 0.3 is 56.6 Å². The number of rotatable bonds is 6. The molecule has 0 amide bonds. The van der Waals surface area contributed by atoms with Crippen LogP contribution in [0.3, 0.4) is 0 Å². The smallest absolute Gasteiger partial charge is 0.872 e. The van der Waals surface area contributed by atoms with E-state index < -0.39 is 0 Å². The Kier molecular flexibility index (Phi) is 23.8. The molecule has 0 spiro atoms. The predicted molar refractivity (Wildman–Crippen MR) is 187 cm³/mol. The van der Waals surface area contributed by atoms with Crippen LogP contribution >= 0.6 is 0 Å². The molecule has 3 aliphatic heterocycles. The van der Waals surface area contributed by atoms with Gasteiger partial charge in [0.15, 0.2) is 0 Å². The number of benzene rings is 4. The predicted octanol–water partition coefficient (Wildman–Crippen LogP) is -1.99. The van der Waals surface area contributed by atoms with Gasteiger partial charge in [0, 0.05) is 39.6 Å². The van der Waals surface area contributed by atoms with Crippen molar-refractivity contribution in [1.82, 2.24) is 0 Å². The molecule has 0 atom stereocenters. The summed E-state index contributed by atoms with van der Waals surface area (Å²) in [5.41, 5.74) is 10.1. The number of hydrogen-bond acceptors (Lipinski definition) is 6. The second kappa shape index (κ2) is 25.8. The summed E-state index contributed by atoms with van der Waals surface area (Å²) in [6, 6.07) is 21.2. The zero-order chi connectivity index (χ0) is 34.1. The van der Waals surface area contributed by atoms with Crippen molar-refractivity contribution in [1.29, 1.82) is 0 Å². The van der Waals surface area contributed by atoms with Crippen molar-refractivity contribution >= 4 is 0 Å². The molecule has 258 valence electrons. The van der Waals surface area contributed by atoms with E-state index in [1.165, 1.54) is 71.9 Å². The molecule has 6 nitrogen and oxygen atoms in total. The van der Waals surface area contributed by atoms with E-state index in [4.69, 9.17) is 14.2 Å². The first-order valence-corrected chi connectivity index (χ1v) is 17.4. The van der Waals surface area contributed by atoms with E-state index in [1.54, 1.807) is 54.6 Å². The minimum atomic E-state index is 0. The standard InChI is InChI=1S/C30H30O3.3C4H8O.3Li/c1-19-28(16-22-7-4-10-25(31)13-22)20(2)30(18-24-9-6-12-27(33)15-24)21(3)29(19)17-23-8-5-11-26(32)14-23;3*1-2-4-5-3-1;;;/h4-15,31-33H,16-18H2,1-3H3;3*1-4H2;;;/q;;;;3*+1/p-3. The molecule has 7 rings (SSSR count). The molecular weight excluding hydrogens is 621 g/mol. The minimum absolute atomic E-state index is 0. The summed E-state index contributed by atoms with van der Waals surface area (Å²) in [7, 11) is 0. The topological polar surface area (TPSA) is 96.9 Å². The van der Waals surface area contributed by atoms with E-state index in [1.807, 2.05) is 18.2 Å². The van der Waals surface area contributed by atoms with Gasteiger partial charge in [-0.2, -0.15) is 0 Å². The zero-order valence-electron chi connectivity index (χ0n) is 32.0. The average Bonchev–Trinajstić information content (AvgIpc) is 3.91. The maximum absolute atomic E-state index is 11.9. The molecule has 0 aliphatic carbocycles. The van der Waals surface area contributed by atoms with Crippen LogP contribution in [0.15, 0.2) is 72.8 Å². The van der Waals surface area contributed by atoms with Crippen molar-refractivity contribution in [2.24, 2.45) is 0 Å². The van der Waals surface area contributed by atoms with E-state index in [9.17, 15) is 15.3 Å². The largest absolute Gasteiger partial charge is 1.00 e. The Balaban J connectivity index is 0.000000593. The summed E-state index contributed by atoms with van der Waals surface area (Å²) in [6.45, 7) is 12.4. The summed E-state index contributed by atoms with van der Waals surface area (Å²) in [5.74, 6) is 0.0275. The molecule has 0 N–H and O–H groups in total. The summed E-state index contributed by atoms with van der Waals surface area (Å²) in [5, 5.41) is 35.8. The van der Waals surface area contributed by atoms with Crippen LogP contribution in [0.5, 0.6) is 17.2 Å². The Hall–Kier alpha value is -2.05. The van der Waals surface area contributed by atoms with Crippen LogP contribution in [0, 0.1) is 20.8 Å². The van der Waals surface area contributed by atoms with Crippen LogP contribution in [0.1, 0.15) is 88.6 Å². The zero-order valence-corrected chi connectivity index (χ0v) is 32.0. The van der Waals surface area contributed by atoms with E-state index in [2.05, 4.69) is 20.8 Å². The molecule has 4 aromatic carbocycles. The molecule has 3 aliphatic rings. The fourth-order valence-corrected chi connectivity index (χ4v) is 6.30. The van der Waals surface area contributed by atoms with Gasteiger partial charge in [-0.3, -0.25) is 0 Å². The van der Waals surface area contributed by atoms with Gasteiger partial charge in [-0.15, -0.1) is 17.2 Å². The molecule has 4 aromatic rings. The van der Waals surface area contributed by atoms with Crippen molar-refractivity contribution in [3.8, 4) is 17.2 Å². The molecule has 0 aromatic heterocycles. The molecule has 3 saturated heterocycles. The van der Waals surface area contributed by atoms with Gasteiger partial charge in [0.25, 0.3) is 0 Å². The molecule has 3 fully saturated rings. The Morgan fingerprint density at radius 3 is 0.824 bits per heavy atom. The van der Waals surface area contributed by atoms with Gasteiger partial charge in [0.05, 0.1) is 0 Å². The first-order chi connectivity index (χ1) is 23.3. The van der Waals surface area contributed by atoms with Crippen molar-refractivity contribution in [3.63, 3.8) is 0 Å². The molecule has 0 unspecified atom stereocenters. The van der Waals surface area contributed by atoms with E-state index in [0.29, 0.717) is 19.3 Å². The minimum Gasteiger partial charge on any atom is -0.872 e. The Morgan fingerprint density at radius 1 is 0.412 bits per heavy atom. The maximum Gasteiger partial charge on any atom is 1.00 e. The molecule has 3 heterocycles. The first kappa shape index (κ1) is 47.0. The Labute approximate surface area is 342 Å². The van der Waals surface area contributed by atoms with Gasteiger partial charge in [0.1, 0.15) is 0 Å². The Morgan fingerprint density at radius 2 is 0.647 bits per heavy atom. The average molecular weight is 673 g/mol. The van der Waals surface area contributed by atoms with Crippen molar-refractivity contribution in [2.45, 2.75) is 78.6 Å². The van der Waals surface area contributed by atoms with Gasteiger partial charge in [-0.25, -0.2) is 0 Å². The van der Waals surface area contributed by atoms with Crippen LogP contribution in [0.25, 0.3) is 0 Å². The quantitative estimate of drug-likeness (QED) is 0.220. The van der Waals surface area contributed by atoms with Crippen LogP contribution in [0.2, 0.25) is 0 Å². The number of ether oxygens (including phenoxy) is 3. The van der Waals surface area contributed by atoms with E-state index in [0.717, 1.165) is 56.3 Å². The second-order valence-corrected chi connectivity index (χ2v) is 12.7. The number of hydrogen-bond donors (Lipinski definition) is 0. The van der Waals surface area contributed by atoms with Crippen LogP contribution in [-0.4, -0.2) is 39.6 Å². The summed E-state index contributed by atoms with van der Waals surface area (Å²) >= 11 is 0. The van der Waals surface area contributed by atoms with Gasteiger partial charge in [-0.1, -0.05) is 72.8 Å². The molecule has 0 radical (unpaired) electrons. The molecule has 0 saturated carbocycles. The SMILES string of the molecule is C1CCOC1.C1CCOC1.C1CCOC1.Cc1c(Cc2cccc([O-])c2)c(C)c(Cc2cccc([O-])c2)c(C)c1Cc1cccc([O-])c1.[Li+].[Li+].[Li+]. The van der Waals surface area contributed by atoms with Gasteiger partial charge in [0.2, 0.25) is 0 Å². The second-order valence-electron chi connectivity index (χ2n) is 12.7. The first-order valence-electron chi connectivity index (χ1n) is 17.4. The third-order valence-electron chi connectivity index (χ3n) is 9.04. The summed E-state index contributed by atoms with van der Waals surface area (Å²) in [6.07, 6.45) is 9.66. The maximum atomic E-state index is 11.9. The monoisotopic (exact) mass is 672 g/mol. The third kappa shape index (κ3) is 16.2. The molecular formula is C42H51Li3O6. The normalized spacial score (nSPS) is 14.2. The summed E-state index contributed by atoms with van der Waals surface area (Å²) in [4.78, 5) is 0. The van der Waals surface area contributed by atoms with Crippen LogP contribution in [-0.2, 0) is 33.5 Å². The van der Waals surface area contributed by atoms with Crippen LogP contribution < -0.4 is 71.9 Å². The fraction of sp³-hybridized carbons (Fsp3) is 0.429. The summed E-state index contributed by atoms with van der Waals surface area (Å²) < 4.78 is 14.8. The van der Waals surface area contributed by atoms with E-state index in [-0.39, 0.29) is 73.8 Å². The molecule has 51 heavy (non-hydrogen) atoms. The Bertz CT molecular complexity index is 1340. The third-order valence-corrected chi connectivity index (χ3v) is 9.04. The van der Waals surface area contributed by atoms with Crippen molar-refractivity contribution in [2.75, 3.05) is 39.6 Å². The molecule has 0 bridgehead atoms. The fourth-order valence-electron chi connectivity index (χ4n) is 6.30. The van der Waals surface area contributed by atoms with E-state index >= 15 is 0 Å². The van der Waals surface area contributed by atoms with Crippen molar-refractivity contribution in [3.05, 3.63) is 123 Å². The van der Waals surface area contributed by atoms with Gasteiger partial charge < -0.3 is 29.5 Å².